The number of halogens is 1. The van der Waals surface area contributed by atoms with Crippen LogP contribution in [0.1, 0.15) is 36.5 Å². The second-order valence-electron chi connectivity index (χ2n) is 7.84. The average molecular weight is 478 g/mol. The Morgan fingerprint density at radius 3 is 2.48 bits per heavy atom. The molecular weight excluding hydrogens is 449 g/mol. The number of hydrogen-bond donors (Lipinski definition) is 2. The molecule has 0 bridgehead atoms. The van der Waals surface area contributed by atoms with Gasteiger partial charge in [0.15, 0.2) is 0 Å². The third-order valence-electron chi connectivity index (χ3n) is 5.35. The van der Waals surface area contributed by atoms with E-state index >= 15 is 0 Å². The van der Waals surface area contributed by atoms with E-state index in [1.165, 1.54) is 12.1 Å². The molecule has 0 aromatic heterocycles. The summed E-state index contributed by atoms with van der Waals surface area (Å²) < 4.78 is 44.9. The van der Waals surface area contributed by atoms with E-state index in [9.17, 15) is 22.4 Å². The van der Waals surface area contributed by atoms with E-state index in [1.54, 1.807) is 31.2 Å². The monoisotopic (exact) mass is 477 g/mol. The normalized spacial score (nSPS) is 16.8. The van der Waals surface area contributed by atoms with E-state index in [2.05, 4.69) is 10.6 Å². The summed E-state index contributed by atoms with van der Waals surface area (Å²) in [5, 5.41) is 5.51. The molecule has 2 aromatic carbocycles. The summed E-state index contributed by atoms with van der Waals surface area (Å²) in [7, 11) is -3.87. The Kier molecular flexibility index (Phi) is 8.04. The van der Waals surface area contributed by atoms with Crippen LogP contribution in [0.4, 0.5) is 15.8 Å². The second kappa shape index (κ2) is 10.8. The Balaban J connectivity index is 1.81. The quantitative estimate of drug-likeness (QED) is 0.578. The molecule has 8 nitrogen and oxygen atoms in total. The van der Waals surface area contributed by atoms with Gasteiger partial charge in [0.1, 0.15) is 11.9 Å². The van der Waals surface area contributed by atoms with Gasteiger partial charge in [0.05, 0.1) is 29.3 Å². The first kappa shape index (κ1) is 24.7. The lowest BCUT2D eigenvalue weighted by Gasteiger charge is -2.30. The molecule has 1 fully saturated rings. The van der Waals surface area contributed by atoms with Crippen molar-refractivity contribution in [2.45, 2.75) is 38.3 Å². The van der Waals surface area contributed by atoms with Gasteiger partial charge in [-0.25, -0.2) is 12.8 Å². The van der Waals surface area contributed by atoms with E-state index < -0.39 is 27.8 Å². The predicted octanol–water partition coefficient (Wildman–Crippen LogP) is 2.92. The molecule has 0 spiro atoms. The van der Waals surface area contributed by atoms with Crippen LogP contribution in [0.3, 0.4) is 0 Å². The first-order valence-corrected chi connectivity index (χ1v) is 12.6. The van der Waals surface area contributed by atoms with Crippen LogP contribution in [0.5, 0.6) is 0 Å². The minimum atomic E-state index is -3.87. The molecule has 10 heteroatoms. The fourth-order valence-electron chi connectivity index (χ4n) is 3.76. The fraction of sp³-hybridized carbons (Fsp3) is 0.391. The predicted molar refractivity (Wildman–Crippen MR) is 124 cm³/mol. The van der Waals surface area contributed by atoms with Gasteiger partial charge in [-0.1, -0.05) is 19.1 Å². The van der Waals surface area contributed by atoms with Crippen LogP contribution in [0.25, 0.3) is 0 Å². The summed E-state index contributed by atoms with van der Waals surface area (Å²) in [6.07, 6.45) is 2.94. The smallest absolute Gasteiger partial charge is 0.253 e. The Bertz CT molecular complexity index is 1090. The molecule has 1 aliphatic heterocycles. The number of ether oxygens (including phenoxy) is 1. The van der Waals surface area contributed by atoms with Crippen molar-refractivity contribution < 1.29 is 27.1 Å². The van der Waals surface area contributed by atoms with Gasteiger partial charge in [-0.05, 0) is 55.7 Å². The number of rotatable bonds is 9. The van der Waals surface area contributed by atoms with Crippen molar-refractivity contribution in [1.29, 1.82) is 0 Å². The van der Waals surface area contributed by atoms with Gasteiger partial charge in [0.2, 0.25) is 15.9 Å². The fourth-order valence-corrected chi connectivity index (χ4v) is 4.97. The van der Waals surface area contributed by atoms with Gasteiger partial charge in [-0.3, -0.25) is 13.9 Å². The van der Waals surface area contributed by atoms with Crippen LogP contribution in [0.15, 0.2) is 48.5 Å². The first-order chi connectivity index (χ1) is 15.7. The molecule has 0 unspecified atom stereocenters. The van der Waals surface area contributed by atoms with Crippen molar-refractivity contribution in [3.63, 3.8) is 0 Å². The van der Waals surface area contributed by atoms with E-state index in [1.807, 2.05) is 0 Å². The zero-order chi connectivity index (χ0) is 24.0. The molecular formula is C23H28FN3O5S. The second-order valence-corrected chi connectivity index (χ2v) is 9.70. The third-order valence-corrected chi connectivity index (χ3v) is 6.53. The highest BCUT2D eigenvalue weighted by atomic mass is 32.2. The molecule has 0 saturated carbocycles. The molecule has 178 valence electrons. The summed E-state index contributed by atoms with van der Waals surface area (Å²) >= 11 is 0. The number of nitrogens with one attached hydrogen (secondary N) is 2. The number of carbonyl (C=O) groups is 2. The van der Waals surface area contributed by atoms with Crippen LogP contribution >= 0.6 is 0 Å². The van der Waals surface area contributed by atoms with E-state index in [-0.39, 0.29) is 35.4 Å². The molecule has 2 aromatic rings. The molecule has 0 aliphatic carbocycles. The van der Waals surface area contributed by atoms with E-state index in [0.29, 0.717) is 13.2 Å². The molecule has 33 heavy (non-hydrogen) atoms. The zero-order valence-electron chi connectivity index (χ0n) is 18.6. The SMILES string of the molecule is CC[C@@H](C(=O)Nc1ccccc1C(=O)NC[C@@H]1CCCO1)N(c1ccc(F)cc1)S(C)(=O)=O. The van der Waals surface area contributed by atoms with Crippen molar-refractivity contribution in [3.05, 3.63) is 59.9 Å². The maximum Gasteiger partial charge on any atom is 0.253 e. The van der Waals surface area contributed by atoms with Crippen molar-refractivity contribution >= 4 is 33.2 Å². The Hall–Kier alpha value is -2.98. The van der Waals surface area contributed by atoms with Gasteiger partial charge < -0.3 is 15.4 Å². The lowest BCUT2D eigenvalue weighted by molar-refractivity contribution is -0.117. The van der Waals surface area contributed by atoms with Gasteiger partial charge in [-0.15, -0.1) is 0 Å². The summed E-state index contributed by atoms with van der Waals surface area (Å²) in [6.45, 7) is 2.72. The topological polar surface area (TPSA) is 105 Å². The molecule has 2 atom stereocenters. The molecule has 2 amide bonds. The Labute approximate surface area is 193 Å². The van der Waals surface area contributed by atoms with Gasteiger partial charge in [0, 0.05) is 13.2 Å². The number of sulfonamides is 1. The third kappa shape index (κ3) is 6.29. The summed E-state index contributed by atoms with van der Waals surface area (Å²) in [5.74, 6) is -1.49. The Morgan fingerprint density at radius 1 is 1.18 bits per heavy atom. The summed E-state index contributed by atoms with van der Waals surface area (Å²) in [5.41, 5.74) is 0.688. The molecule has 2 N–H and O–H groups in total. The molecule has 3 rings (SSSR count). The van der Waals surface area contributed by atoms with Gasteiger partial charge >= 0.3 is 0 Å². The number of carbonyl (C=O) groups excluding carboxylic acids is 2. The zero-order valence-corrected chi connectivity index (χ0v) is 19.4. The summed E-state index contributed by atoms with van der Waals surface area (Å²) in [4.78, 5) is 25.9. The minimum Gasteiger partial charge on any atom is -0.376 e. The highest BCUT2D eigenvalue weighted by molar-refractivity contribution is 7.92. The van der Waals surface area contributed by atoms with Crippen LogP contribution in [0, 0.1) is 5.82 Å². The molecule has 1 heterocycles. The number of benzene rings is 2. The maximum absolute atomic E-state index is 13.4. The van der Waals surface area contributed by atoms with Gasteiger partial charge in [0.25, 0.3) is 5.91 Å². The molecule has 1 saturated heterocycles. The van der Waals surface area contributed by atoms with E-state index in [4.69, 9.17) is 4.74 Å². The highest BCUT2D eigenvalue weighted by Gasteiger charge is 2.32. The van der Waals surface area contributed by atoms with E-state index in [0.717, 1.165) is 35.5 Å². The highest BCUT2D eigenvalue weighted by Crippen LogP contribution is 2.24. The van der Waals surface area contributed by atoms with Crippen LogP contribution in [-0.4, -0.2) is 51.8 Å². The summed E-state index contributed by atoms with van der Waals surface area (Å²) in [6, 6.07) is 10.3. The number of amides is 2. The van der Waals surface area contributed by atoms with Crippen molar-refractivity contribution in [2.75, 3.05) is 29.0 Å². The Morgan fingerprint density at radius 2 is 1.88 bits per heavy atom. The van der Waals surface area contributed by atoms with Crippen molar-refractivity contribution in [1.82, 2.24) is 5.32 Å². The number of nitrogens with zero attached hydrogens (tertiary/aromatic N) is 1. The van der Waals surface area contributed by atoms with Gasteiger partial charge in [-0.2, -0.15) is 0 Å². The van der Waals surface area contributed by atoms with Crippen LogP contribution in [-0.2, 0) is 19.6 Å². The lowest BCUT2D eigenvalue weighted by atomic mass is 10.1. The molecule has 0 radical (unpaired) electrons. The first-order valence-electron chi connectivity index (χ1n) is 10.8. The number of hydrogen-bond acceptors (Lipinski definition) is 5. The van der Waals surface area contributed by atoms with Crippen molar-refractivity contribution in [2.24, 2.45) is 0 Å². The molecule has 1 aliphatic rings. The van der Waals surface area contributed by atoms with Crippen LogP contribution in [0.2, 0.25) is 0 Å². The minimum absolute atomic E-state index is 0.0285. The lowest BCUT2D eigenvalue weighted by Crippen LogP contribution is -2.47. The average Bonchev–Trinajstić information content (AvgIpc) is 3.30. The van der Waals surface area contributed by atoms with Crippen LogP contribution < -0.4 is 14.9 Å². The number of para-hydroxylation sites is 1. The standard InChI is InChI=1S/C23H28FN3O5S/c1-3-21(27(33(2,30)31)17-12-10-16(24)11-13-17)23(29)26-20-9-5-4-8-19(20)22(28)25-15-18-7-6-14-32-18/h4-5,8-13,18,21H,3,6-7,14-15H2,1-2H3,(H,25,28)(H,26,29)/t18-,21-/m0/s1. The largest absolute Gasteiger partial charge is 0.376 e. The number of anilines is 2. The van der Waals surface area contributed by atoms with Crippen molar-refractivity contribution in [3.8, 4) is 0 Å². The maximum atomic E-state index is 13.4.